The molecule has 2 amide bonds. The number of carbonyl (C=O) groups excluding carboxylic acids is 2. The molecule has 0 saturated carbocycles. The lowest BCUT2D eigenvalue weighted by Crippen LogP contribution is -2.42. The summed E-state index contributed by atoms with van der Waals surface area (Å²) in [5.41, 5.74) is 0.452. The molecule has 2 aliphatic heterocycles. The number of piperidine rings is 2. The predicted octanol–water partition coefficient (Wildman–Crippen LogP) is 2.69. The van der Waals surface area contributed by atoms with Crippen LogP contribution in [0.4, 0.5) is 10.6 Å². The van der Waals surface area contributed by atoms with Gasteiger partial charge in [-0.15, -0.1) is 0 Å². The van der Waals surface area contributed by atoms with Gasteiger partial charge in [-0.1, -0.05) is 6.92 Å². The van der Waals surface area contributed by atoms with E-state index in [1.807, 2.05) is 18.7 Å². The number of hydrogen-bond donors (Lipinski definition) is 1. The molecular weight excluding hydrogens is 358 g/mol. The standard InChI is InChI=1S/C20H31N5O3/c1-4-28-20(27)25-11-7-16(8-12-25)23-18-13-17(21-15(3)22-18)19(26)24-9-5-14(2)6-10-24/h13-14,16H,4-12H2,1-3H3,(H,21,22,23). The van der Waals surface area contributed by atoms with E-state index in [0.29, 0.717) is 43.0 Å². The largest absolute Gasteiger partial charge is 0.450 e. The Morgan fingerprint density at radius 2 is 1.75 bits per heavy atom. The number of amides is 2. The molecular formula is C20H31N5O3. The van der Waals surface area contributed by atoms with Crippen molar-refractivity contribution in [1.29, 1.82) is 0 Å². The van der Waals surface area contributed by atoms with Crippen LogP contribution in [0.15, 0.2) is 6.07 Å². The first kappa shape index (κ1) is 20.4. The summed E-state index contributed by atoms with van der Waals surface area (Å²) in [6.07, 6.45) is 3.46. The zero-order chi connectivity index (χ0) is 20.1. The van der Waals surface area contributed by atoms with Crippen LogP contribution in [-0.2, 0) is 4.74 Å². The highest BCUT2D eigenvalue weighted by Crippen LogP contribution is 2.20. The quantitative estimate of drug-likeness (QED) is 0.852. The normalized spacial score (nSPS) is 18.8. The fourth-order valence-electron chi connectivity index (χ4n) is 3.76. The van der Waals surface area contributed by atoms with E-state index in [1.165, 1.54) is 0 Å². The first-order valence-electron chi connectivity index (χ1n) is 10.3. The van der Waals surface area contributed by atoms with Gasteiger partial charge in [0.1, 0.15) is 17.3 Å². The van der Waals surface area contributed by atoms with Gasteiger partial charge in [0.2, 0.25) is 0 Å². The van der Waals surface area contributed by atoms with E-state index in [4.69, 9.17) is 4.74 Å². The molecule has 0 unspecified atom stereocenters. The van der Waals surface area contributed by atoms with Crippen molar-refractivity contribution < 1.29 is 14.3 Å². The Hall–Kier alpha value is -2.38. The third-order valence-electron chi connectivity index (χ3n) is 5.50. The molecule has 8 nitrogen and oxygen atoms in total. The van der Waals surface area contributed by atoms with Crippen LogP contribution >= 0.6 is 0 Å². The zero-order valence-corrected chi connectivity index (χ0v) is 17.1. The SMILES string of the molecule is CCOC(=O)N1CCC(Nc2cc(C(=O)N3CCC(C)CC3)nc(C)n2)CC1. The van der Waals surface area contributed by atoms with Gasteiger partial charge in [-0.25, -0.2) is 14.8 Å². The number of likely N-dealkylation sites (tertiary alicyclic amines) is 2. The first-order chi connectivity index (χ1) is 13.5. The summed E-state index contributed by atoms with van der Waals surface area (Å²) in [7, 11) is 0. The molecule has 3 heterocycles. The Morgan fingerprint density at radius 1 is 1.11 bits per heavy atom. The molecule has 0 radical (unpaired) electrons. The smallest absolute Gasteiger partial charge is 0.409 e. The number of nitrogens with one attached hydrogen (secondary N) is 1. The van der Waals surface area contributed by atoms with Gasteiger partial charge in [-0.3, -0.25) is 4.79 Å². The van der Waals surface area contributed by atoms with Crippen LogP contribution in [0.1, 0.15) is 55.8 Å². The summed E-state index contributed by atoms with van der Waals surface area (Å²) in [5.74, 6) is 1.92. The molecule has 1 aromatic heterocycles. The fourth-order valence-corrected chi connectivity index (χ4v) is 3.76. The Labute approximate surface area is 166 Å². The van der Waals surface area contributed by atoms with Gasteiger partial charge < -0.3 is 19.9 Å². The highest BCUT2D eigenvalue weighted by Gasteiger charge is 2.25. The lowest BCUT2D eigenvalue weighted by atomic mass is 9.99. The Balaban J connectivity index is 1.59. The third-order valence-corrected chi connectivity index (χ3v) is 5.50. The van der Waals surface area contributed by atoms with E-state index < -0.39 is 0 Å². The number of rotatable bonds is 4. The van der Waals surface area contributed by atoms with Crippen LogP contribution in [0, 0.1) is 12.8 Å². The maximum Gasteiger partial charge on any atom is 0.409 e. The predicted molar refractivity (Wildman–Crippen MR) is 106 cm³/mol. The van der Waals surface area contributed by atoms with Crippen LogP contribution in [0.2, 0.25) is 0 Å². The number of aromatic nitrogens is 2. The molecule has 3 rings (SSSR count). The number of carbonyl (C=O) groups is 2. The van der Waals surface area contributed by atoms with Crippen molar-refractivity contribution in [3.8, 4) is 0 Å². The second-order valence-corrected chi connectivity index (χ2v) is 7.76. The van der Waals surface area contributed by atoms with Crippen LogP contribution in [0.5, 0.6) is 0 Å². The summed E-state index contributed by atoms with van der Waals surface area (Å²) in [6.45, 7) is 9.12. The molecule has 1 N–H and O–H groups in total. The number of nitrogens with zero attached hydrogens (tertiary/aromatic N) is 4. The molecule has 0 aliphatic carbocycles. The van der Waals surface area contributed by atoms with E-state index in [9.17, 15) is 9.59 Å². The second kappa shape index (κ2) is 9.21. The minimum absolute atomic E-state index is 0.0161. The molecule has 28 heavy (non-hydrogen) atoms. The van der Waals surface area contributed by atoms with Gasteiger partial charge in [0.05, 0.1) is 6.61 Å². The molecule has 0 bridgehead atoms. The van der Waals surface area contributed by atoms with E-state index >= 15 is 0 Å². The van der Waals surface area contributed by atoms with E-state index in [2.05, 4.69) is 22.2 Å². The van der Waals surface area contributed by atoms with Gasteiger partial charge in [0.15, 0.2) is 0 Å². The van der Waals surface area contributed by atoms with Crippen molar-refractivity contribution in [1.82, 2.24) is 19.8 Å². The maximum atomic E-state index is 12.8. The summed E-state index contributed by atoms with van der Waals surface area (Å²) in [6, 6.07) is 1.96. The summed E-state index contributed by atoms with van der Waals surface area (Å²) in [5, 5.41) is 3.42. The molecule has 0 atom stereocenters. The van der Waals surface area contributed by atoms with Gasteiger partial charge in [-0.05, 0) is 45.4 Å². The van der Waals surface area contributed by atoms with Crippen LogP contribution in [0.3, 0.4) is 0 Å². The van der Waals surface area contributed by atoms with E-state index in [0.717, 1.165) is 38.8 Å². The molecule has 0 aromatic carbocycles. The van der Waals surface area contributed by atoms with Crippen molar-refractivity contribution in [2.24, 2.45) is 5.92 Å². The average molecular weight is 390 g/mol. The van der Waals surface area contributed by atoms with Crippen molar-refractivity contribution in [2.45, 2.75) is 52.5 Å². The lowest BCUT2D eigenvalue weighted by molar-refractivity contribution is 0.0690. The first-order valence-corrected chi connectivity index (χ1v) is 10.3. The second-order valence-electron chi connectivity index (χ2n) is 7.76. The molecule has 1 aromatic rings. The van der Waals surface area contributed by atoms with Gasteiger partial charge in [0, 0.05) is 38.3 Å². The Kier molecular flexibility index (Phi) is 6.70. The number of aryl methyl sites for hydroxylation is 1. The molecule has 154 valence electrons. The molecule has 2 fully saturated rings. The average Bonchev–Trinajstić information content (AvgIpc) is 2.68. The van der Waals surface area contributed by atoms with E-state index in [-0.39, 0.29) is 18.0 Å². The highest BCUT2D eigenvalue weighted by molar-refractivity contribution is 5.93. The number of ether oxygens (including phenoxy) is 1. The van der Waals surface area contributed by atoms with Crippen molar-refractivity contribution >= 4 is 17.8 Å². The molecule has 2 saturated heterocycles. The summed E-state index contributed by atoms with van der Waals surface area (Å²) >= 11 is 0. The summed E-state index contributed by atoms with van der Waals surface area (Å²) < 4.78 is 5.06. The van der Waals surface area contributed by atoms with Gasteiger partial charge in [0.25, 0.3) is 5.91 Å². The monoisotopic (exact) mass is 389 g/mol. The zero-order valence-electron chi connectivity index (χ0n) is 17.1. The lowest BCUT2D eigenvalue weighted by Gasteiger charge is -2.32. The van der Waals surface area contributed by atoms with Crippen molar-refractivity contribution in [3.05, 3.63) is 17.6 Å². The van der Waals surface area contributed by atoms with E-state index in [1.54, 1.807) is 11.0 Å². The van der Waals surface area contributed by atoms with Crippen LogP contribution in [0.25, 0.3) is 0 Å². The third kappa shape index (κ3) is 5.11. The topological polar surface area (TPSA) is 87.7 Å². The van der Waals surface area contributed by atoms with Crippen LogP contribution in [-0.4, -0.2) is 70.6 Å². The van der Waals surface area contributed by atoms with Crippen LogP contribution < -0.4 is 5.32 Å². The van der Waals surface area contributed by atoms with Crippen molar-refractivity contribution in [2.75, 3.05) is 38.1 Å². The number of anilines is 1. The Bertz CT molecular complexity index is 695. The fraction of sp³-hybridized carbons (Fsp3) is 0.700. The Morgan fingerprint density at radius 3 is 2.39 bits per heavy atom. The van der Waals surface area contributed by atoms with Gasteiger partial charge >= 0.3 is 6.09 Å². The molecule has 2 aliphatic rings. The minimum Gasteiger partial charge on any atom is -0.450 e. The maximum absolute atomic E-state index is 12.8. The molecule has 0 spiro atoms. The number of hydrogen-bond acceptors (Lipinski definition) is 6. The highest BCUT2D eigenvalue weighted by atomic mass is 16.6. The minimum atomic E-state index is -0.248. The van der Waals surface area contributed by atoms with Crippen molar-refractivity contribution in [3.63, 3.8) is 0 Å². The summed E-state index contributed by atoms with van der Waals surface area (Å²) in [4.78, 5) is 37.1. The molecule has 8 heteroatoms. The van der Waals surface area contributed by atoms with Gasteiger partial charge in [-0.2, -0.15) is 0 Å².